The van der Waals surface area contributed by atoms with E-state index in [9.17, 15) is 86.9 Å². The molecule has 12 fully saturated rings. The highest BCUT2D eigenvalue weighted by molar-refractivity contribution is 5.73. The van der Waals surface area contributed by atoms with E-state index < -0.39 is 94.2 Å². The van der Waals surface area contributed by atoms with Crippen LogP contribution in [0.15, 0.2) is 43.2 Å². The fourth-order valence-corrected chi connectivity index (χ4v) is 17.0. The van der Waals surface area contributed by atoms with Crippen LogP contribution in [0.4, 0.5) is 0 Å². The van der Waals surface area contributed by atoms with Gasteiger partial charge >= 0.3 is 93.0 Å². The van der Waals surface area contributed by atoms with Gasteiger partial charge < -0.3 is 67.1 Å². The lowest BCUT2D eigenvalue weighted by Crippen LogP contribution is -2.55. The Morgan fingerprint density at radius 1 is 0.313 bits per heavy atom. The number of esters is 6. The van der Waals surface area contributed by atoms with Crippen LogP contribution in [0.1, 0.15) is 167 Å². The highest BCUT2D eigenvalue weighted by Gasteiger charge is 2.50. The molecule has 6 aliphatic carbocycles. The van der Waals surface area contributed by atoms with Crippen LogP contribution in [0.5, 0.6) is 0 Å². The Morgan fingerprint density at radius 3 is 0.826 bits per heavy atom. The van der Waals surface area contributed by atoms with E-state index in [0.29, 0.717) is 93.3 Å². The molecule has 0 radical (unpaired) electrons. The molecule has 18 unspecified atom stereocenters. The van der Waals surface area contributed by atoms with Gasteiger partial charge in [-0.25, -0.2) is 84.3 Å². The second-order valence-electron chi connectivity index (χ2n) is 32.4. The minimum atomic E-state index is -1.43. The molecular weight excluding hydrogens is 1520 g/mol. The molecule has 115 heavy (non-hydrogen) atoms. The maximum absolute atomic E-state index is 13.0. The first-order valence-electron chi connectivity index (χ1n) is 40.9. The van der Waals surface area contributed by atoms with Gasteiger partial charge in [-0.15, -0.1) is 0 Å². The number of ether oxygens (including phenoxy) is 12. The molecule has 0 bridgehead atoms. The highest BCUT2D eigenvalue weighted by Crippen LogP contribution is 2.44. The van der Waals surface area contributed by atoms with Crippen LogP contribution in [0, 0.1) is 35.5 Å². The van der Waals surface area contributed by atoms with Gasteiger partial charge in [0.1, 0.15) is 19.8 Å². The third-order valence-corrected chi connectivity index (χ3v) is 24.1. The van der Waals surface area contributed by atoms with E-state index in [-0.39, 0.29) is 194 Å². The first-order chi connectivity index (χ1) is 55.4. The zero-order valence-electron chi connectivity index (χ0n) is 64.7. The van der Waals surface area contributed by atoms with Crippen LogP contribution in [0.25, 0.3) is 0 Å². The summed E-state index contributed by atoms with van der Waals surface area (Å²) in [4.78, 5) is 200. The summed E-state index contributed by atoms with van der Waals surface area (Å²) in [7, 11) is 1.26. The largest absolute Gasteiger partial charge is 0.480 e. The highest BCUT2D eigenvalue weighted by atomic mass is 16.6. The van der Waals surface area contributed by atoms with E-state index in [1.165, 1.54) is 7.05 Å². The Labute approximate surface area is 656 Å². The zero-order chi connectivity index (χ0) is 81.3. The number of nitrogens with zero attached hydrogens (tertiary/aromatic N) is 9. The van der Waals surface area contributed by atoms with E-state index in [2.05, 4.69) is 0 Å². The number of aliphatic hydroxyl groups excluding tert-OH is 1. The van der Waals surface area contributed by atoms with Gasteiger partial charge in [0.15, 0.2) is 0 Å². The topological polar surface area (TPSA) is 489 Å². The lowest BCUT2D eigenvalue weighted by atomic mass is 9.89. The second-order valence-corrected chi connectivity index (χ2v) is 32.4. The van der Waals surface area contributed by atoms with E-state index in [1.807, 2.05) is 0 Å². The van der Waals surface area contributed by atoms with Crippen molar-refractivity contribution in [2.75, 3.05) is 46.2 Å². The molecule has 12 aliphatic rings. The van der Waals surface area contributed by atoms with Gasteiger partial charge in [0.05, 0.1) is 138 Å². The summed E-state index contributed by atoms with van der Waals surface area (Å²) in [5.41, 5.74) is -7.99. The molecular formula is C76H105N9O30. The van der Waals surface area contributed by atoms with Crippen molar-refractivity contribution in [3.05, 3.63) is 94.4 Å². The molecule has 0 amide bonds. The van der Waals surface area contributed by atoms with Crippen LogP contribution < -0.4 is 51.2 Å². The van der Waals surface area contributed by atoms with Gasteiger partial charge in [-0.2, -0.15) is 0 Å². The molecule has 3 aromatic heterocycles. The van der Waals surface area contributed by atoms with Crippen molar-refractivity contribution in [2.24, 2.45) is 42.6 Å². The number of aromatic nitrogens is 9. The van der Waals surface area contributed by atoms with Gasteiger partial charge in [-0.05, 0) is 165 Å². The Kier molecular flexibility index (Phi) is 27.9. The normalized spacial score (nSPS) is 29.0. The molecule has 2 N–H and O–H groups in total. The number of epoxide rings is 6. The Morgan fingerprint density at radius 2 is 0.565 bits per heavy atom. The minimum Gasteiger partial charge on any atom is -0.480 e. The van der Waals surface area contributed by atoms with Crippen molar-refractivity contribution in [1.29, 1.82) is 0 Å². The molecule has 9 heterocycles. The van der Waals surface area contributed by atoms with E-state index in [0.717, 1.165) is 126 Å². The maximum Gasteiger partial charge on any atom is 0.336 e. The van der Waals surface area contributed by atoms with E-state index in [1.54, 1.807) is 0 Å². The summed E-state index contributed by atoms with van der Waals surface area (Å²) in [6, 6.07) is 0. The fourth-order valence-electron chi connectivity index (χ4n) is 17.0. The molecule has 15 rings (SSSR count). The number of hydrogen-bond acceptors (Lipinski definition) is 29. The van der Waals surface area contributed by atoms with Crippen molar-refractivity contribution >= 4 is 41.8 Å². The van der Waals surface area contributed by atoms with Crippen LogP contribution in [-0.4, -0.2) is 213 Å². The standard InChI is InChI=1S/C27H37N3O11.C27H39N3O10.C22H29N3O9/c31-22(32)13-30-26(36)28(9-1-3-23(33)38-14-16-5-7-18-20(11-16)40-18)25(35)29(27(30)37)10-2-4-24(34)39-15-17-6-8-19-21(12-17)41-19;31-12-11-30-26(35)28(9-1-3-23(32)37-15-17-5-7-19-21(13-17)39-19)25(34)29(27(30)36)10-2-4-24(33)38-16-18-6-8-20-22(14-18)40-20;1-23-20(28)24(6-8-31-18(26)12-2-4-14-16(10-12)33-14)22(30)25(21(23)29)7-9-32-19(27)13-3-5-15-17(11-13)34-15/h16-21H,1-15H2,(H,31,32);17-22,31H,1-16H2;12-17H,2-11H2,1H3. The van der Waals surface area contributed by atoms with Crippen LogP contribution in [0.3, 0.4) is 0 Å². The molecule has 3 aromatic rings. The number of hydrogen-bond donors (Lipinski definition) is 2. The number of carbonyl (C=O) groups is 7. The first kappa shape index (κ1) is 84.2. The van der Waals surface area contributed by atoms with Crippen LogP contribution >= 0.6 is 0 Å². The average molecular weight is 1620 g/mol. The molecule has 39 nitrogen and oxygen atoms in total. The first-order valence-corrected chi connectivity index (χ1v) is 40.9. The van der Waals surface area contributed by atoms with Gasteiger partial charge in [-0.1, -0.05) is 0 Å². The number of carboxylic acid groups (broad SMARTS) is 1. The quantitative estimate of drug-likeness (QED) is 0.0397. The number of carbonyl (C=O) groups excluding carboxylic acids is 6. The number of aliphatic carboxylic acids is 1. The SMILES string of the molecule is Cn1c(=O)n(CCOC(=O)C2CCC3OC3C2)c(=O)n(CCOC(=O)C2CCC3OC3C2)c1=O.O=C(CCCn1c(=O)n(CCO)c(=O)n(CCCC(=O)OCC2CCC3OC3C2)c1=O)OCC1CCC2OC2C1.O=C(O)Cn1c(=O)n(CCCC(=O)OCC2CCC3OC3C2)c(=O)n(CCCC(=O)OCC2CCC3OC3C2)c1=O. The molecule has 6 aliphatic heterocycles. The molecule has 0 aromatic carbocycles. The summed E-state index contributed by atoms with van der Waals surface area (Å²) >= 11 is 0. The number of aliphatic hydroxyl groups is 1. The lowest BCUT2D eigenvalue weighted by molar-refractivity contribution is -0.150. The monoisotopic (exact) mass is 1620 g/mol. The van der Waals surface area contributed by atoms with Crippen LogP contribution in [0.2, 0.25) is 0 Å². The van der Waals surface area contributed by atoms with Crippen molar-refractivity contribution in [3.63, 3.8) is 0 Å². The molecule has 39 heteroatoms. The predicted molar refractivity (Wildman–Crippen MR) is 392 cm³/mol. The predicted octanol–water partition coefficient (Wildman–Crippen LogP) is -1.09. The smallest absolute Gasteiger partial charge is 0.336 e. The Hall–Kier alpha value is -8.76. The van der Waals surface area contributed by atoms with E-state index in [4.69, 9.17) is 56.8 Å². The van der Waals surface area contributed by atoms with Gasteiger partial charge in [0.25, 0.3) is 0 Å². The third-order valence-electron chi connectivity index (χ3n) is 24.1. The molecule has 6 saturated heterocycles. The molecule has 6 saturated carbocycles. The lowest BCUT2D eigenvalue weighted by Gasteiger charge is -2.18. The van der Waals surface area contributed by atoms with Gasteiger partial charge in [-0.3, -0.25) is 33.6 Å². The minimum absolute atomic E-state index is 0.0145. The summed E-state index contributed by atoms with van der Waals surface area (Å²) in [5.74, 6) is -3.33. The average Bonchev–Trinajstić information content (AvgIpc) is 1.59. The van der Waals surface area contributed by atoms with Crippen molar-refractivity contribution in [2.45, 2.75) is 293 Å². The Balaban J connectivity index is 0.000000151. The summed E-state index contributed by atoms with van der Waals surface area (Å²) in [5, 5.41) is 18.6. The number of carboxylic acids is 1. The third kappa shape index (κ3) is 22.3. The summed E-state index contributed by atoms with van der Waals surface area (Å²) < 4.78 is 72.0. The van der Waals surface area contributed by atoms with Crippen molar-refractivity contribution in [3.8, 4) is 0 Å². The van der Waals surface area contributed by atoms with E-state index >= 15 is 0 Å². The van der Waals surface area contributed by atoms with Crippen molar-refractivity contribution in [1.82, 2.24) is 41.1 Å². The molecule has 18 atom stereocenters. The molecule has 0 spiro atoms. The number of rotatable bonds is 36. The second kappa shape index (κ2) is 38.1. The van der Waals surface area contributed by atoms with Gasteiger partial charge in [0, 0.05) is 58.9 Å². The van der Waals surface area contributed by atoms with Gasteiger partial charge in [0.2, 0.25) is 0 Å². The van der Waals surface area contributed by atoms with Crippen molar-refractivity contribution < 1.29 is 101 Å². The molecule has 634 valence electrons. The summed E-state index contributed by atoms with van der Waals surface area (Å²) in [6.07, 6.45) is 19.4. The maximum atomic E-state index is 13.0. The fraction of sp³-hybridized carbons (Fsp3) is 0.789. The number of fused-ring (bicyclic) bond motifs is 6. The van der Waals surface area contributed by atoms with Crippen LogP contribution in [-0.2, 0) is 150 Å². The summed E-state index contributed by atoms with van der Waals surface area (Å²) in [6.45, 7) is -1.71. The zero-order valence-corrected chi connectivity index (χ0v) is 64.7. The Bertz CT molecular complexity index is 4380.